The van der Waals surface area contributed by atoms with Crippen molar-refractivity contribution in [3.8, 4) is 5.75 Å². The highest BCUT2D eigenvalue weighted by atomic mass is 16.5. The van der Waals surface area contributed by atoms with Gasteiger partial charge in [0.1, 0.15) is 11.8 Å². The van der Waals surface area contributed by atoms with E-state index in [0.717, 1.165) is 53.7 Å². The van der Waals surface area contributed by atoms with Gasteiger partial charge in [0.2, 0.25) is 11.8 Å². The molecule has 0 unspecified atom stereocenters. The first-order valence-electron chi connectivity index (χ1n) is 11.2. The fourth-order valence-electron chi connectivity index (χ4n) is 4.39. The van der Waals surface area contributed by atoms with Crippen LogP contribution in [0.2, 0.25) is 0 Å². The first-order chi connectivity index (χ1) is 14.9. The summed E-state index contributed by atoms with van der Waals surface area (Å²) in [4.78, 5) is 28.1. The molecule has 166 valence electrons. The lowest BCUT2D eigenvalue weighted by molar-refractivity contribution is -0.140. The number of nitrogens with one attached hydrogen (secondary N) is 1. The Bertz CT molecular complexity index is 898. The number of nitrogens with zero attached hydrogens (tertiary/aromatic N) is 1. The van der Waals surface area contributed by atoms with Gasteiger partial charge in [0, 0.05) is 12.6 Å². The van der Waals surface area contributed by atoms with Gasteiger partial charge >= 0.3 is 0 Å². The lowest BCUT2D eigenvalue weighted by atomic mass is 10.0. The van der Waals surface area contributed by atoms with Crippen molar-refractivity contribution in [3.63, 3.8) is 0 Å². The van der Waals surface area contributed by atoms with E-state index in [0.29, 0.717) is 6.54 Å². The van der Waals surface area contributed by atoms with Crippen molar-refractivity contribution in [2.24, 2.45) is 0 Å². The van der Waals surface area contributed by atoms with Gasteiger partial charge in [0.15, 0.2) is 0 Å². The average Bonchev–Trinajstić information content (AvgIpc) is 3.23. The second-order valence-corrected chi connectivity index (χ2v) is 8.71. The Kier molecular flexibility index (Phi) is 7.72. The highest BCUT2D eigenvalue weighted by Gasteiger charge is 2.28. The zero-order valence-corrected chi connectivity index (χ0v) is 19.1. The molecule has 2 amide bonds. The molecule has 0 heterocycles. The molecule has 0 aromatic heterocycles. The molecule has 3 rings (SSSR count). The Balaban J connectivity index is 1.80. The van der Waals surface area contributed by atoms with Crippen molar-refractivity contribution in [1.82, 2.24) is 10.2 Å². The fraction of sp³-hybridized carbons (Fsp3) is 0.462. The first kappa shape index (κ1) is 22.9. The maximum atomic E-state index is 13.4. The molecular weight excluding hydrogens is 388 g/mol. The van der Waals surface area contributed by atoms with Crippen molar-refractivity contribution in [2.75, 3.05) is 7.11 Å². The summed E-state index contributed by atoms with van der Waals surface area (Å²) in [6.07, 6.45) is 4.61. The summed E-state index contributed by atoms with van der Waals surface area (Å²) in [5.74, 6) is 0.604. The normalized spacial score (nSPS) is 14.8. The second-order valence-electron chi connectivity index (χ2n) is 8.71. The molecule has 0 bridgehead atoms. The molecule has 1 saturated carbocycles. The van der Waals surface area contributed by atoms with E-state index in [1.54, 1.807) is 12.0 Å². The Hall–Kier alpha value is -2.82. The zero-order valence-electron chi connectivity index (χ0n) is 19.1. The number of methoxy groups -OCH3 is 1. The van der Waals surface area contributed by atoms with Crippen LogP contribution >= 0.6 is 0 Å². The van der Waals surface area contributed by atoms with Gasteiger partial charge in [0.05, 0.1) is 13.5 Å². The molecule has 1 aliphatic carbocycles. The molecule has 31 heavy (non-hydrogen) atoms. The van der Waals surface area contributed by atoms with Crippen molar-refractivity contribution in [2.45, 2.75) is 71.5 Å². The molecule has 1 atom stereocenters. The quantitative estimate of drug-likeness (QED) is 0.689. The zero-order chi connectivity index (χ0) is 22.4. The van der Waals surface area contributed by atoms with Gasteiger partial charge in [-0.15, -0.1) is 0 Å². The van der Waals surface area contributed by atoms with Crippen LogP contribution in [0.5, 0.6) is 5.75 Å². The topological polar surface area (TPSA) is 58.6 Å². The van der Waals surface area contributed by atoms with Gasteiger partial charge in [0.25, 0.3) is 0 Å². The molecule has 0 radical (unpaired) electrons. The van der Waals surface area contributed by atoms with E-state index < -0.39 is 6.04 Å². The number of hydrogen-bond acceptors (Lipinski definition) is 3. The number of amides is 2. The summed E-state index contributed by atoms with van der Waals surface area (Å²) < 4.78 is 5.33. The SMILES string of the molecule is COc1cccc(CN(C(=O)Cc2cc(C)cc(C)c2)[C@@H](C)C(=O)NC2CCCC2)c1. The number of hydrogen-bond donors (Lipinski definition) is 1. The molecule has 1 N–H and O–H groups in total. The van der Waals surface area contributed by atoms with Crippen molar-refractivity contribution < 1.29 is 14.3 Å². The van der Waals surface area contributed by atoms with E-state index in [9.17, 15) is 9.59 Å². The van der Waals surface area contributed by atoms with Crippen LogP contribution < -0.4 is 10.1 Å². The monoisotopic (exact) mass is 422 g/mol. The summed E-state index contributed by atoms with van der Waals surface area (Å²) in [5.41, 5.74) is 4.18. The third-order valence-electron chi connectivity index (χ3n) is 5.99. The standard InChI is InChI=1S/C26H34N2O3/c1-18-12-19(2)14-22(13-18)16-25(29)28(17-21-8-7-11-24(15-21)31-4)20(3)26(30)27-23-9-5-6-10-23/h7-8,11-15,20,23H,5-6,9-10,16-17H2,1-4H3,(H,27,30)/t20-/m0/s1. The van der Waals surface area contributed by atoms with E-state index in [1.165, 1.54) is 0 Å². The maximum absolute atomic E-state index is 13.4. The Morgan fingerprint density at radius 1 is 1.06 bits per heavy atom. The minimum atomic E-state index is -0.551. The third kappa shape index (κ3) is 6.33. The summed E-state index contributed by atoms with van der Waals surface area (Å²) >= 11 is 0. The highest BCUT2D eigenvalue weighted by molar-refractivity contribution is 5.88. The van der Waals surface area contributed by atoms with Gasteiger partial charge in [-0.25, -0.2) is 0 Å². The molecule has 0 aliphatic heterocycles. The predicted molar refractivity (Wildman–Crippen MR) is 123 cm³/mol. The molecule has 5 nitrogen and oxygen atoms in total. The van der Waals surface area contributed by atoms with Crippen LogP contribution in [0.3, 0.4) is 0 Å². The van der Waals surface area contributed by atoms with E-state index >= 15 is 0 Å². The van der Waals surface area contributed by atoms with Crippen molar-refractivity contribution >= 4 is 11.8 Å². The van der Waals surface area contributed by atoms with E-state index in [4.69, 9.17) is 4.74 Å². The van der Waals surface area contributed by atoms with Crippen LogP contribution in [0.15, 0.2) is 42.5 Å². The third-order valence-corrected chi connectivity index (χ3v) is 5.99. The molecule has 5 heteroatoms. The van der Waals surface area contributed by atoms with Crippen LogP contribution in [0.25, 0.3) is 0 Å². The van der Waals surface area contributed by atoms with Gasteiger partial charge in [-0.2, -0.15) is 0 Å². The number of aryl methyl sites for hydroxylation is 2. The van der Waals surface area contributed by atoms with Crippen LogP contribution in [-0.4, -0.2) is 35.9 Å². The van der Waals surface area contributed by atoms with E-state index in [-0.39, 0.29) is 24.3 Å². The first-order valence-corrected chi connectivity index (χ1v) is 11.2. The maximum Gasteiger partial charge on any atom is 0.242 e. The van der Waals surface area contributed by atoms with Gasteiger partial charge in [-0.05, 0) is 56.9 Å². The van der Waals surface area contributed by atoms with Crippen LogP contribution in [0.1, 0.15) is 54.9 Å². The molecule has 1 aliphatic rings. The second kappa shape index (κ2) is 10.5. The van der Waals surface area contributed by atoms with Gasteiger partial charge < -0.3 is 15.0 Å². The number of ether oxygens (including phenoxy) is 1. The minimum Gasteiger partial charge on any atom is -0.497 e. The highest BCUT2D eigenvalue weighted by Crippen LogP contribution is 2.20. The number of carbonyl (C=O) groups is 2. The molecule has 1 fully saturated rings. The van der Waals surface area contributed by atoms with Gasteiger partial charge in [-0.3, -0.25) is 9.59 Å². The lowest BCUT2D eigenvalue weighted by Crippen LogP contribution is -2.50. The average molecular weight is 423 g/mol. The van der Waals surface area contributed by atoms with E-state index in [1.807, 2.05) is 57.2 Å². The fourth-order valence-corrected chi connectivity index (χ4v) is 4.39. The Morgan fingerprint density at radius 2 is 1.74 bits per heavy atom. The molecule has 0 saturated heterocycles. The van der Waals surface area contributed by atoms with Crippen molar-refractivity contribution in [3.05, 3.63) is 64.7 Å². The summed E-state index contributed by atoms with van der Waals surface area (Å²) in [7, 11) is 1.62. The lowest BCUT2D eigenvalue weighted by Gasteiger charge is -2.30. The summed E-state index contributed by atoms with van der Waals surface area (Å²) in [6, 6.07) is 13.5. The number of benzene rings is 2. The molecular formula is C26H34N2O3. The largest absolute Gasteiger partial charge is 0.497 e. The van der Waals surface area contributed by atoms with Gasteiger partial charge in [-0.1, -0.05) is 54.3 Å². The summed E-state index contributed by atoms with van der Waals surface area (Å²) in [5, 5.41) is 3.15. The van der Waals surface area contributed by atoms with Crippen LogP contribution in [-0.2, 0) is 22.6 Å². The smallest absolute Gasteiger partial charge is 0.242 e. The molecule has 0 spiro atoms. The van der Waals surface area contributed by atoms with Crippen LogP contribution in [0.4, 0.5) is 0 Å². The molecule has 2 aromatic rings. The Morgan fingerprint density at radius 3 is 2.39 bits per heavy atom. The minimum absolute atomic E-state index is 0.0538. The molecule has 2 aromatic carbocycles. The van der Waals surface area contributed by atoms with E-state index in [2.05, 4.69) is 11.4 Å². The Labute approximate surface area is 185 Å². The number of rotatable bonds is 8. The summed E-state index contributed by atoms with van der Waals surface area (Å²) in [6.45, 7) is 6.25. The van der Waals surface area contributed by atoms with Crippen molar-refractivity contribution in [1.29, 1.82) is 0 Å². The van der Waals surface area contributed by atoms with Crippen LogP contribution in [0, 0.1) is 13.8 Å². The predicted octanol–water partition coefficient (Wildman–Crippen LogP) is 4.33. The number of carbonyl (C=O) groups excluding carboxylic acids is 2.